The van der Waals surface area contributed by atoms with Crippen molar-refractivity contribution in [3.63, 3.8) is 0 Å². The summed E-state index contributed by atoms with van der Waals surface area (Å²) in [4.78, 5) is 21.6. The summed E-state index contributed by atoms with van der Waals surface area (Å²) >= 11 is 0. The molecular weight excluding hydrogens is 196 g/mol. The highest BCUT2D eigenvalue weighted by molar-refractivity contribution is 5.82. The Labute approximate surface area is 89.6 Å². The first kappa shape index (κ1) is 13.4. The third-order valence-corrected chi connectivity index (χ3v) is 1.38. The van der Waals surface area contributed by atoms with Crippen molar-refractivity contribution in [2.45, 2.75) is 20.3 Å². The summed E-state index contributed by atoms with van der Waals surface area (Å²) in [7, 11) is 0. The lowest BCUT2D eigenvalue weighted by Gasteiger charge is -2.02. The first-order valence-corrected chi connectivity index (χ1v) is 4.79. The molecule has 0 heterocycles. The van der Waals surface area contributed by atoms with E-state index in [1.54, 1.807) is 26.0 Å². The van der Waals surface area contributed by atoms with Gasteiger partial charge >= 0.3 is 11.9 Å². The van der Waals surface area contributed by atoms with Crippen LogP contribution in [0.3, 0.4) is 0 Å². The molecular formula is C11H16O4. The van der Waals surface area contributed by atoms with Crippen LogP contribution in [0.2, 0.25) is 0 Å². The third-order valence-electron chi connectivity index (χ3n) is 1.38. The molecule has 0 aromatic rings. The van der Waals surface area contributed by atoms with Crippen LogP contribution in [0.25, 0.3) is 0 Å². The summed E-state index contributed by atoms with van der Waals surface area (Å²) in [6.07, 6.45) is 6.40. The fourth-order valence-corrected chi connectivity index (χ4v) is 0.773. The normalized spacial score (nSPS) is 10.8. The second-order valence-corrected chi connectivity index (χ2v) is 2.69. The van der Waals surface area contributed by atoms with Gasteiger partial charge < -0.3 is 9.47 Å². The Bertz CT molecular complexity index is 227. The summed E-state index contributed by atoms with van der Waals surface area (Å²) in [6, 6.07) is 0. The Morgan fingerprint density at radius 3 is 1.67 bits per heavy atom. The first-order valence-electron chi connectivity index (χ1n) is 4.79. The van der Waals surface area contributed by atoms with Crippen LogP contribution >= 0.6 is 0 Å². The van der Waals surface area contributed by atoms with E-state index in [4.69, 9.17) is 9.47 Å². The number of esters is 2. The molecule has 0 bridgehead atoms. The van der Waals surface area contributed by atoms with Gasteiger partial charge in [0, 0.05) is 18.6 Å². The molecule has 0 rings (SSSR count). The minimum Gasteiger partial charge on any atom is -0.462 e. The zero-order valence-electron chi connectivity index (χ0n) is 9.06. The number of carbonyl (C=O) groups is 2. The van der Waals surface area contributed by atoms with Gasteiger partial charge in [0.15, 0.2) is 0 Å². The van der Waals surface area contributed by atoms with Crippen molar-refractivity contribution in [2.24, 2.45) is 0 Å². The van der Waals surface area contributed by atoms with Gasteiger partial charge in [-0.25, -0.2) is 9.59 Å². The number of allylic oxidation sites excluding steroid dienone is 2. The van der Waals surface area contributed by atoms with Crippen LogP contribution < -0.4 is 0 Å². The fourth-order valence-electron chi connectivity index (χ4n) is 0.773. The summed E-state index contributed by atoms with van der Waals surface area (Å²) in [6.45, 7) is 3.98. The maximum atomic E-state index is 10.8. The quantitative estimate of drug-likeness (QED) is 0.381. The molecule has 0 aliphatic carbocycles. The molecule has 0 aromatic carbocycles. The molecule has 0 aromatic heterocycles. The van der Waals surface area contributed by atoms with E-state index in [0.717, 1.165) is 0 Å². The van der Waals surface area contributed by atoms with Gasteiger partial charge in [-0.3, -0.25) is 0 Å². The summed E-state index contributed by atoms with van der Waals surface area (Å²) in [5.41, 5.74) is 0. The van der Waals surface area contributed by atoms with Gasteiger partial charge in [-0.05, 0) is 13.8 Å². The molecule has 0 saturated heterocycles. The number of ether oxygens (including phenoxy) is 2. The predicted molar refractivity (Wildman–Crippen MR) is 56.2 cm³/mol. The van der Waals surface area contributed by atoms with Crippen molar-refractivity contribution >= 4 is 11.9 Å². The molecule has 0 saturated carbocycles. The van der Waals surface area contributed by atoms with Crippen LogP contribution in [0.15, 0.2) is 24.3 Å². The molecule has 0 spiro atoms. The lowest BCUT2D eigenvalue weighted by atomic mass is 10.4. The molecule has 0 unspecified atom stereocenters. The molecule has 0 fully saturated rings. The minimum absolute atomic E-state index is 0.256. The smallest absolute Gasteiger partial charge is 0.330 e. The number of hydrogen-bond acceptors (Lipinski definition) is 4. The Balaban J connectivity index is 3.40. The van der Waals surface area contributed by atoms with Crippen LogP contribution in [0.5, 0.6) is 0 Å². The molecule has 0 aliphatic heterocycles. The van der Waals surface area contributed by atoms with Gasteiger partial charge in [-0.1, -0.05) is 12.2 Å². The standard InChI is InChI=1S/C11H16O4/c1-3-6-10(12)14-8-5-9-15-11(13)7-4-2/h3-4,6-7H,5,8-9H2,1-2H3. The molecule has 0 N–H and O–H groups in total. The fraction of sp³-hybridized carbons (Fsp3) is 0.455. The van der Waals surface area contributed by atoms with Crippen LogP contribution in [0.1, 0.15) is 20.3 Å². The lowest BCUT2D eigenvalue weighted by Crippen LogP contribution is -2.07. The van der Waals surface area contributed by atoms with Gasteiger partial charge in [0.05, 0.1) is 13.2 Å². The Kier molecular flexibility index (Phi) is 8.05. The Morgan fingerprint density at radius 2 is 1.33 bits per heavy atom. The zero-order chi connectivity index (χ0) is 11.5. The van der Waals surface area contributed by atoms with E-state index in [9.17, 15) is 9.59 Å². The van der Waals surface area contributed by atoms with Gasteiger partial charge in [0.1, 0.15) is 0 Å². The highest BCUT2D eigenvalue weighted by Gasteiger charge is 1.98. The first-order chi connectivity index (χ1) is 7.20. The largest absolute Gasteiger partial charge is 0.462 e. The highest BCUT2D eigenvalue weighted by Crippen LogP contribution is 1.89. The average molecular weight is 212 g/mol. The third kappa shape index (κ3) is 8.74. The second kappa shape index (κ2) is 8.99. The summed E-state index contributed by atoms with van der Waals surface area (Å²) in [5, 5.41) is 0. The highest BCUT2D eigenvalue weighted by atomic mass is 16.5. The lowest BCUT2D eigenvalue weighted by molar-refractivity contribution is -0.140. The van der Waals surface area contributed by atoms with Crippen LogP contribution in [-0.2, 0) is 19.1 Å². The Hall–Kier alpha value is -1.58. The zero-order valence-corrected chi connectivity index (χ0v) is 9.06. The number of carbonyl (C=O) groups excluding carboxylic acids is 2. The molecule has 0 radical (unpaired) electrons. The van der Waals surface area contributed by atoms with Crippen LogP contribution in [0, 0.1) is 0 Å². The second-order valence-electron chi connectivity index (χ2n) is 2.69. The molecule has 84 valence electrons. The minimum atomic E-state index is -0.378. The van der Waals surface area contributed by atoms with E-state index < -0.39 is 0 Å². The maximum Gasteiger partial charge on any atom is 0.330 e. The molecule has 0 atom stereocenters. The van der Waals surface area contributed by atoms with Crippen LogP contribution in [-0.4, -0.2) is 25.2 Å². The maximum absolute atomic E-state index is 10.8. The van der Waals surface area contributed by atoms with E-state index in [1.807, 2.05) is 0 Å². The van der Waals surface area contributed by atoms with Gasteiger partial charge in [0.25, 0.3) is 0 Å². The van der Waals surface area contributed by atoms with Crippen molar-refractivity contribution < 1.29 is 19.1 Å². The average Bonchev–Trinajstić information content (AvgIpc) is 2.18. The van der Waals surface area contributed by atoms with E-state index in [0.29, 0.717) is 6.42 Å². The van der Waals surface area contributed by atoms with E-state index >= 15 is 0 Å². The predicted octanol–water partition coefficient (Wildman–Crippen LogP) is 1.62. The topological polar surface area (TPSA) is 52.6 Å². The van der Waals surface area contributed by atoms with Crippen LogP contribution in [0.4, 0.5) is 0 Å². The van der Waals surface area contributed by atoms with E-state index in [2.05, 4.69) is 0 Å². The Morgan fingerprint density at radius 1 is 0.933 bits per heavy atom. The molecule has 0 aliphatic rings. The SMILES string of the molecule is CC=CC(=O)OCCCOC(=O)C=CC. The molecule has 4 heteroatoms. The number of rotatable bonds is 6. The monoisotopic (exact) mass is 212 g/mol. The van der Waals surface area contributed by atoms with Gasteiger partial charge in [-0.15, -0.1) is 0 Å². The van der Waals surface area contributed by atoms with E-state index in [-0.39, 0.29) is 25.2 Å². The molecule has 0 amide bonds. The van der Waals surface area contributed by atoms with E-state index in [1.165, 1.54) is 12.2 Å². The van der Waals surface area contributed by atoms with Crippen molar-refractivity contribution in [3.8, 4) is 0 Å². The van der Waals surface area contributed by atoms with Gasteiger partial charge in [0.2, 0.25) is 0 Å². The summed E-state index contributed by atoms with van der Waals surface area (Å²) < 4.78 is 9.58. The summed E-state index contributed by atoms with van der Waals surface area (Å²) in [5.74, 6) is -0.755. The van der Waals surface area contributed by atoms with Crippen molar-refractivity contribution in [2.75, 3.05) is 13.2 Å². The van der Waals surface area contributed by atoms with Crippen molar-refractivity contribution in [1.29, 1.82) is 0 Å². The van der Waals surface area contributed by atoms with Crippen molar-refractivity contribution in [3.05, 3.63) is 24.3 Å². The molecule has 4 nitrogen and oxygen atoms in total. The number of hydrogen-bond donors (Lipinski definition) is 0. The van der Waals surface area contributed by atoms with Crippen molar-refractivity contribution in [1.82, 2.24) is 0 Å². The molecule has 15 heavy (non-hydrogen) atoms. The van der Waals surface area contributed by atoms with Gasteiger partial charge in [-0.2, -0.15) is 0 Å².